The van der Waals surface area contributed by atoms with Crippen molar-refractivity contribution in [1.29, 1.82) is 0 Å². The van der Waals surface area contributed by atoms with Gasteiger partial charge in [-0.1, -0.05) is 18.2 Å². The largest absolute Gasteiger partial charge is 0.513 e. The van der Waals surface area contributed by atoms with Crippen LogP contribution in [0.15, 0.2) is 43.0 Å². The van der Waals surface area contributed by atoms with Gasteiger partial charge in [-0.05, 0) is 46.2 Å². The molecule has 0 saturated carbocycles. The Hall–Kier alpha value is -3.82. The summed E-state index contributed by atoms with van der Waals surface area (Å²) in [4.78, 5) is 46.8. The number of aliphatic hydroxyl groups is 1. The lowest BCUT2D eigenvalue weighted by Crippen LogP contribution is -2.29. The summed E-state index contributed by atoms with van der Waals surface area (Å²) in [5.74, 6) is 0.477. The third-order valence-corrected chi connectivity index (χ3v) is 6.16. The molecule has 2 unspecified atom stereocenters. The first kappa shape index (κ1) is 32.7. The maximum absolute atomic E-state index is 12.6. The molecule has 3 aromatic rings. The lowest BCUT2D eigenvalue weighted by Gasteiger charge is -2.21. The number of aliphatic hydroxyl groups excluding tert-OH is 1. The van der Waals surface area contributed by atoms with Crippen LogP contribution in [0, 0.1) is 0 Å². The highest BCUT2D eigenvalue weighted by Crippen LogP contribution is 2.44. The monoisotopic (exact) mass is 611 g/mol. The molecular formula is C25H34N5O11P. The Morgan fingerprint density at radius 2 is 1.62 bits per heavy atom. The second kappa shape index (κ2) is 15.4. The van der Waals surface area contributed by atoms with Crippen LogP contribution in [0.5, 0.6) is 0 Å². The van der Waals surface area contributed by atoms with Crippen molar-refractivity contribution >= 4 is 42.6 Å². The summed E-state index contributed by atoms with van der Waals surface area (Å²) in [6.07, 6.45) is -1.59. The average molecular weight is 612 g/mol. The van der Waals surface area contributed by atoms with Gasteiger partial charge in [-0.25, -0.2) is 29.1 Å². The van der Waals surface area contributed by atoms with Crippen molar-refractivity contribution in [1.82, 2.24) is 19.5 Å². The van der Waals surface area contributed by atoms with E-state index < -0.39 is 51.0 Å². The fourth-order valence-corrected chi connectivity index (χ4v) is 4.19. The van der Waals surface area contributed by atoms with Crippen LogP contribution in [0.3, 0.4) is 0 Å². The van der Waals surface area contributed by atoms with Gasteiger partial charge in [-0.2, -0.15) is 0 Å². The molecule has 0 fully saturated rings. The number of imidazole rings is 1. The zero-order valence-electron chi connectivity index (χ0n) is 23.5. The molecule has 1 aromatic carbocycles. The van der Waals surface area contributed by atoms with E-state index in [0.29, 0.717) is 17.0 Å². The number of aromatic nitrogens is 4. The molecule has 2 heterocycles. The molecule has 2 aromatic heterocycles. The first-order valence-electron chi connectivity index (χ1n) is 12.9. The second-order valence-electron chi connectivity index (χ2n) is 9.30. The molecule has 3 rings (SSSR count). The van der Waals surface area contributed by atoms with Gasteiger partial charge < -0.3 is 43.6 Å². The number of rotatable bonds is 15. The fourth-order valence-electron chi connectivity index (χ4n) is 3.42. The number of carbonyl (C=O) groups excluding carboxylic acids is 2. The molecule has 0 aliphatic rings. The number of hydrogen-bond acceptors (Lipinski definition) is 14. The number of para-hydroxylation sites is 1. The molecule has 3 N–H and O–H groups in total. The van der Waals surface area contributed by atoms with E-state index in [1.54, 1.807) is 4.57 Å². The van der Waals surface area contributed by atoms with Crippen molar-refractivity contribution in [2.45, 2.75) is 58.8 Å². The molecule has 0 bridgehead atoms. The predicted octanol–water partition coefficient (Wildman–Crippen LogP) is 4.08. The minimum atomic E-state index is -4.64. The van der Waals surface area contributed by atoms with Gasteiger partial charge in [0.05, 0.1) is 31.2 Å². The van der Waals surface area contributed by atoms with E-state index in [0.717, 1.165) is 5.69 Å². The van der Waals surface area contributed by atoms with Crippen molar-refractivity contribution in [2.75, 3.05) is 24.9 Å². The Balaban J connectivity index is 1.59. The second-order valence-corrected chi connectivity index (χ2v) is 11.0. The number of anilines is 2. The number of nitrogens with one attached hydrogen (secondary N) is 1. The average Bonchev–Trinajstić information content (AvgIpc) is 3.33. The third kappa shape index (κ3) is 10.2. The molecular weight excluding hydrogens is 577 g/mol. The summed E-state index contributed by atoms with van der Waals surface area (Å²) in [5, 5.41) is 13.2. The number of ether oxygens (including phenoxy) is 5. The molecule has 0 amide bonds. The minimum absolute atomic E-state index is 0.101. The zero-order valence-corrected chi connectivity index (χ0v) is 24.4. The number of benzene rings is 1. The summed E-state index contributed by atoms with van der Waals surface area (Å²) < 4.78 is 43.3. The number of carbonyl (C=O) groups is 2. The molecule has 2 atom stereocenters. The lowest BCUT2D eigenvalue weighted by molar-refractivity contribution is -0.209. The SMILES string of the molecule is CC(C)OC(=O)OC(OC(=O)OC(C)C)OP(=O)(O)COCCC(CO)n1cnc2c(Nc3ccccc3)ncnc21. The van der Waals surface area contributed by atoms with Gasteiger partial charge in [0.15, 0.2) is 17.0 Å². The summed E-state index contributed by atoms with van der Waals surface area (Å²) in [5.41, 5.74) is 1.74. The normalized spacial score (nSPS) is 13.6. The third-order valence-electron chi connectivity index (χ3n) is 5.15. The van der Waals surface area contributed by atoms with Crippen molar-refractivity contribution in [3.05, 3.63) is 43.0 Å². The quantitative estimate of drug-likeness (QED) is 0.0959. The number of hydrogen-bond donors (Lipinski definition) is 3. The maximum atomic E-state index is 12.6. The molecule has 0 aliphatic carbocycles. The van der Waals surface area contributed by atoms with Gasteiger partial charge in [0.1, 0.15) is 12.7 Å². The molecule has 42 heavy (non-hydrogen) atoms. The van der Waals surface area contributed by atoms with Crippen molar-refractivity contribution in [3.8, 4) is 0 Å². The van der Waals surface area contributed by atoms with E-state index >= 15 is 0 Å². The van der Waals surface area contributed by atoms with Crippen LogP contribution < -0.4 is 5.32 Å². The summed E-state index contributed by atoms with van der Waals surface area (Å²) in [7, 11) is -4.64. The van der Waals surface area contributed by atoms with Crippen LogP contribution in [-0.2, 0) is 32.8 Å². The Bertz CT molecular complexity index is 1330. The highest BCUT2D eigenvalue weighted by molar-refractivity contribution is 7.52. The zero-order chi connectivity index (χ0) is 30.7. The molecule has 0 spiro atoms. The standard InChI is InChI=1S/C25H34N5O11P/c1-16(2)37-23(32)39-25(40-24(33)38-17(3)4)41-42(34,35)15-36-11-10-19(12-31)30-14-28-20-21(26-13-27-22(20)30)29-18-8-6-5-7-9-18/h5-9,13-14,16-17,19,25,31H,10-12,15H2,1-4H3,(H,34,35)(H,26,27,29). The van der Waals surface area contributed by atoms with Crippen LogP contribution in [0.4, 0.5) is 21.1 Å². The van der Waals surface area contributed by atoms with Crippen LogP contribution >= 0.6 is 7.60 Å². The molecule has 230 valence electrons. The molecule has 16 nitrogen and oxygen atoms in total. The Morgan fingerprint density at radius 1 is 0.976 bits per heavy atom. The van der Waals surface area contributed by atoms with E-state index in [1.165, 1.54) is 40.3 Å². The van der Waals surface area contributed by atoms with Crippen molar-refractivity contribution < 1.29 is 52.4 Å². The molecule has 17 heteroatoms. The summed E-state index contributed by atoms with van der Waals surface area (Å²) in [6, 6.07) is 8.83. The Kier molecular flexibility index (Phi) is 12.0. The fraction of sp³-hybridized carbons (Fsp3) is 0.480. The van der Waals surface area contributed by atoms with Gasteiger partial charge in [-0.3, -0.25) is 4.57 Å². The summed E-state index contributed by atoms with van der Waals surface area (Å²) in [6.45, 7) is 3.49. The van der Waals surface area contributed by atoms with Gasteiger partial charge in [0, 0.05) is 12.3 Å². The van der Waals surface area contributed by atoms with Crippen molar-refractivity contribution in [2.24, 2.45) is 0 Å². The highest BCUT2D eigenvalue weighted by Gasteiger charge is 2.32. The van der Waals surface area contributed by atoms with Gasteiger partial charge >= 0.3 is 26.4 Å². The highest BCUT2D eigenvalue weighted by atomic mass is 31.2. The molecule has 0 radical (unpaired) electrons. The maximum Gasteiger partial charge on any atom is 0.513 e. The van der Waals surface area contributed by atoms with E-state index in [9.17, 15) is 24.2 Å². The molecule has 0 saturated heterocycles. The Morgan fingerprint density at radius 3 is 2.21 bits per heavy atom. The number of fused-ring (bicyclic) bond motifs is 1. The van der Waals surface area contributed by atoms with Crippen LogP contribution in [-0.4, -0.2) is 80.1 Å². The Labute approximate surface area is 241 Å². The number of nitrogens with zero attached hydrogens (tertiary/aromatic N) is 4. The van der Waals surface area contributed by atoms with E-state index in [-0.39, 0.29) is 19.6 Å². The van der Waals surface area contributed by atoms with Crippen LogP contribution in [0.1, 0.15) is 40.2 Å². The topological polar surface area (TPSA) is 203 Å². The van der Waals surface area contributed by atoms with Crippen molar-refractivity contribution in [3.63, 3.8) is 0 Å². The summed E-state index contributed by atoms with van der Waals surface area (Å²) >= 11 is 0. The van der Waals surface area contributed by atoms with Gasteiger partial charge in [-0.15, -0.1) is 0 Å². The minimum Gasteiger partial charge on any atom is -0.431 e. The van der Waals surface area contributed by atoms with Gasteiger partial charge in [0.2, 0.25) is 0 Å². The molecule has 0 aliphatic heterocycles. The smallest absolute Gasteiger partial charge is 0.431 e. The lowest BCUT2D eigenvalue weighted by atomic mass is 10.2. The van der Waals surface area contributed by atoms with Gasteiger partial charge in [0.25, 0.3) is 0 Å². The first-order chi connectivity index (χ1) is 20.0. The van der Waals surface area contributed by atoms with E-state index in [4.69, 9.17) is 28.2 Å². The first-order valence-corrected chi connectivity index (χ1v) is 14.7. The van der Waals surface area contributed by atoms with E-state index in [2.05, 4.69) is 20.3 Å². The van der Waals surface area contributed by atoms with E-state index in [1.807, 2.05) is 30.3 Å². The predicted molar refractivity (Wildman–Crippen MR) is 147 cm³/mol. The van der Waals surface area contributed by atoms with Crippen LogP contribution in [0.25, 0.3) is 11.2 Å². The van der Waals surface area contributed by atoms with Crippen LogP contribution in [0.2, 0.25) is 0 Å².